The monoisotopic (exact) mass is 559 g/mol. The van der Waals surface area contributed by atoms with Crippen LogP contribution in [0.2, 0.25) is 0 Å². The van der Waals surface area contributed by atoms with Crippen LogP contribution >= 0.6 is 0 Å². The van der Waals surface area contributed by atoms with Crippen LogP contribution in [-0.4, -0.2) is 68.6 Å². The Kier molecular flexibility index (Phi) is 7.01. The van der Waals surface area contributed by atoms with Crippen molar-refractivity contribution in [2.75, 3.05) is 19.7 Å². The van der Waals surface area contributed by atoms with Crippen LogP contribution in [0.1, 0.15) is 55.2 Å². The van der Waals surface area contributed by atoms with Gasteiger partial charge < -0.3 is 25.0 Å². The Balaban J connectivity index is 1.50. The predicted molar refractivity (Wildman–Crippen MR) is 141 cm³/mol. The molecule has 3 aromatic rings. The molecule has 2 aromatic heterocycles. The molecule has 2 amide bonds. The molecule has 2 atom stereocenters. The van der Waals surface area contributed by atoms with Gasteiger partial charge in [0.2, 0.25) is 0 Å². The second kappa shape index (κ2) is 10.1. The summed E-state index contributed by atoms with van der Waals surface area (Å²) in [6.45, 7) is 7.92. The fourth-order valence-corrected chi connectivity index (χ4v) is 5.15. The molecule has 1 saturated carbocycles. The SMILES string of the molecule is Cc1[nH]c2c(-c3cc(C(F)(F)F)ccc3OCC3CC3)ncnc2c1C(=O)NC1CN(C(=O)[C@H](C)O)CC1(C)C. The third-order valence-corrected chi connectivity index (χ3v) is 7.65. The number of hydrogen-bond donors (Lipinski definition) is 3. The molecular formula is C28H32F3N5O4. The highest BCUT2D eigenvalue weighted by molar-refractivity contribution is 6.09. The summed E-state index contributed by atoms with van der Waals surface area (Å²) in [5, 5.41) is 12.7. The number of fused-ring (bicyclic) bond motifs is 1. The number of rotatable bonds is 7. The zero-order chi connectivity index (χ0) is 29.0. The molecule has 0 bridgehead atoms. The van der Waals surface area contributed by atoms with Gasteiger partial charge in [0, 0.05) is 29.8 Å². The van der Waals surface area contributed by atoms with Crippen LogP contribution in [0.5, 0.6) is 5.75 Å². The van der Waals surface area contributed by atoms with Gasteiger partial charge >= 0.3 is 6.18 Å². The van der Waals surface area contributed by atoms with Gasteiger partial charge in [-0.3, -0.25) is 9.59 Å². The number of aromatic amines is 1. The lowest BCUT2D eigenvalue weighted by atomic mass is 9.87. The van der Waals surface area contributed by atoms with Gasteiger partial charge in [0.25, 0.3) is 11.8 Å². The van der Waals surface area contributed by atoms with E-state index < -0.39 is 41.1 Å². The van der Waals surface area contributed by atoms with Crippen LogP contribution < -0.4 is 10.1 Å². The highest BCUT2D eigenvalue weighted by atomic mass is 19.4. The lowest BCUT2D eigenvalue weighted by molar-refractivity contribution is -0.138. The summed E-state index contributed by atoms with van der Waals surface area (Å²) in [4.78, 5) is 39.2. The topological polar surface area (TPSA) is 120 Å². The zero-order valence-electron chi connectivity index (χ0n) is 22.7. The number of carbonyl (C=O) groups excluding carboxylic acids is 2. The molecule has 3 heterocycles. The summed E-state index contributed by atoms with van der Waals surface area (Å²) in [6, 6.07) is 2.90. The number of amides is 2. The van der Waals surface area contributed by atoms with E-state index in [1.807, 2.05) is 13.8 Å². The van der Waals surface area contributed by atoms with Crippen molar-refractivity contribution in [2.24, 2.45) is 11.3 Å². The van der Waals surface area contributed by atoms with Crippen LogP contribution in [0.25, 0.3) is 22.3 Å². The van der Waals surface area contributed by atoms with Crippen molar-refractivity contribution < 1.29 is 32.6 Å². The van der Waals surface area contributed by atoms with Gasteiger partial charge in [0.1, 0.15) is 29.4 Å². The number of aryl methyl sites for hydroxylation is 1. The maximum Gasteiger partial charge on any atom is 0.416 e. The van der Waals surface area contributed by atoms with Gasteiger partial charge in [0.15, 0.2) is 0 Å². The van der Waals surface area contributed by atoms with Crippen LogP contribution in [-0.2, 0) is 11.0 Å². The van der Waals surface area contributed by atoms with Crippen LogP contribution in [0.15, 0.2) is 24.5 Å². The van der Waals surface area contributed by atoms with Gasteiger partial charge in [-0.1, -0.05) is 13.8 Å². The molecule has 9 nitrogen and oxygen atoms in total. The Bertz CT molecular complexity index is 1460. The summed E-state index contributed by atoms with van der Waals surface area (Å²) in [7, 11) is 0. The Labute approximate surface area is 229 Å². The molecule has 2 aliphatic rings. The van der Waals surface area contributed by atoms with Crippen molar-refractivity contribution in [1.82, 2.24) is 25.2 Å². The number of aliphatic hydroxyl groups excluding tert-OH is 1. The number of alkyl halides is 3. The molecule has 1 aromatic carbocycles. The summed E-state index contributed by atoms with van der Waals surface area (Å²) in [5.74, 6) is -0.192. The first-order chi connectivity index (χ1) is 18.8. The molecule has 40 heavy (non-hydrogen) atoms. The summed E-state index contributed by atoms with van der Waals surface area (Å²) in [5.41, 5.74) is 0.326. The van der Waals surface area contributed by atoms with E-state index in [-0.39, 0.29) is 34.6 Å². The number of benzene rings is 1. The van der Waals surface area contributed by atoms with E-state index in [1.165, 1.54) is 24.2 Å². The smallest absolute Gasteiger partial charge is 0.416 e. The molecule has 5 rings (SSSR count). The average Bonchev–Trinajstić information content (AvgIpc) is 3.57. The molecule has 3 N–H and O–H groups in total. The quantitative estimate of drug-likeness (QED) is 0.401. The second-order valence-electron chi connectivity index (χ2n) is 11.4. The molecule has 1 aliphatic heterocycles. The fraction of sp³-hybridized carbons (Fsp3) is 0.500. The first-order valence-electron chi connectivity index (χ1n) is 13.2. The molecule has 1 saturated heterocycles. The number of likely N-dealkylation sites (tertiary alicyclic amines) is 1. The molecule has 0 radical (unpaired) electrons. The van der Waals surface area contributed by atoms with Crippen molar-refractivity contribution in [3.63, 3.8) is 0 Å². The molecule has 1 unspecified atom stereocenters. The third-order valence-electron chi connectivity index (χ3n) is 7.65. The van der Waals surface area contributed by atoms with E-state index >= 15 is 0 Å². The van der Waals surface area contributed by atoms with Gasteiger partial charge in [0.05, 0.1) is 29.3 Å². The van der Waals surface area contributed by atoms with E-state index in [9.17, 15) is 27.9 Å². The van der Waals surface area contributed by atoms with Gasteiger partial charge in [-0.15, -0.1) is 0 Å². The van der Waals surface area contributed by atoms with Crippen LogP contribution in [0, 0.1) is 18.3 Å². The minimum atomic E-state index is -4.57. The predicted octanol–water partition coefficient (Wildman–Crippen LogP) is 4.09. The molecular weight excluding hydrogens is 527 g/mol. The van der Waals surface area contributed by atoms with E-state index in [2.05, 4.69) is 20.3 Å². The number of H-pyrrole nitrogens is 1. The zero-order valence-corrected chi connectivity index (χ0v) is 22.7. The normalized spacial score (nSPS) is 19.6. The fourth-order valence-electron chi connectivity index (χ4n) is 5.15. The molecule has 0 spiro atoms. The first-order valence-corrected chi connectivity index (χ1v) is 13.2. The largest absolute Gasteiger partial charge is 0.493 e. The summed E-state index contributed by atoms with van der Waals surface area (Å²) < 4.78 is 46.8. The Morgan fingerprint density at radius 2 is 2.00 bits per heavy atom. The lowest BCUT2D eigenvalue weighted by Crippen LogP contribution is -2.44. The number of nitrogens with zero attached hydrogens (tertiary/aromatic N) is 3. The van der Waals surface area contributed by atoms with Gasteiger partial charge in [-0.25, -0.2) is 9.97 Å². The molecule has 12 heteroatoms. The molecule has 2 fully saturated rings. The first kappa shape index (κ1) is 27.9. The Morgan fingerprint density at radius 3 is 2.65 bits per heavy atom. The number of ether oxygens (including phenoxy) is 1. The van der Waals surface area contributed by atoms with Crippen molar-refractivity contribution in [1.29, 1.82) is 0 Å². The van der Waals surface area contributed by atoms with Crippen molar-refractivity contribution in [3.05, 3.63) is 41.3 Å². The lowest BCUT2D eigenvalue weighted by Gasteiger charge is -2.26. The van der Waals surface area contributed by atoms with Crippen LogP contribution in [0.3, 0.4) is 0 Å². The summed E-state index contributed by atoms with van der Waals surface area (Å²) >= 11 is 0. The number of aromatic nitrogens is 3. The van der Waals surface area contributed by atoms with Crippen molar-refractivity contribution in [3.8, 4) is 17.0 Å². The highest BCUT2D eigenvalue weighted by Gasteiger charge is 2.43. The summed E-state index contributed by atoms with van der Waals surface area (Å²) in [6.07, 6.45) is -2.46. The molecule has 214 valence electrons. The molecule has 1 aliphatic carbocycles. The highest BCUT2D eigenvalue weighted by Crippen LogP contribution is 2.40. The van der Waals surface area contributed by atoms with Gasteiger partial charge in [-0.05, 0) is 50.8 Å². The van der Waals surface area contributed by atoms with E-state index in [0.29, 0.717) is 30.3 Å². The Morgan fingerprint density at radius 1 is 1.27 bits per heavy atom. The van der Waals surface area contributed by atoms with Crippen molar-refractivity contribution in [2.45, 2.75) is 58.9 Å². The van der Waals surface area contributed by atoms with Crippen LogP contribution in [0.4, 0.5) is 13.2 Å². The van der Waals surface area contributed by atoms with E-state index in [0.717, 1.165) is 25.0 Å². The maximum absolute atomic E-state index is 13.6. The standard InChI is InChI=1S/C28H32F3N5O4/c1-14-21(25(38)35-20-10-36(12-27(20,3)4)26(39)15(2)37)23-24(34-14)22(32-13-33-23)18-9-17(28(29,30)31)7-8-19(18)40-11-16-5-6-16/h7-9,13,15-16,20,34,37H,5-6,10-12H2,1-4H3,(H,35,38)/t15-,20?/m0/s1. The maximum atomic E-state index is 13.6. The second-order valence-corrected chi connectivity index (χ2v) is 11.4. The number of hydrogen-bond acceptors (Lipinski definition) is 6. The number of aliphatic hydroxyl groups is 1. The number of nitrogens with one attached hydrogen (secondary N) is 2. The minimum absolute atomic E-state index is 0.153. The number of carbonyl (C=O) groups is 2. The van der Waals surface area contributed by atoms with Gasteiger partial charge in [-0.2, -0.15) is 13.2 Å². The average molecular weight is 560 g/mol. The third kappa shape index (κ3) is 5.36. The van der Waals surface area contributed by atoms with E-state index in [1.54, 1.807) is 6.92 Å². The number of halogens is 3. The van der Waals surface area contributed by atoms with E-state index in [4.69, 9.17) is 4.74 Å². The minimum Gasteiger partial charge on any atom is -0.493 e. The Hall–Kier alpha value is -3.67. The van der Waals surface area contributed by atoms with Crippen molar-refractivity contribution >= 4 is 22.8 Å².